The Morgan fingerprint density at radius 2 is 1.62 bits per heavy atom. The van der Waals surface area contributed by atoms with Crippen molar-refractivity contribution < 1.29 is 14.0 Å². The lowest BCUT2D eigenvalue weighted by molar-refractivity contribution is -0.130. The van der Waals surface area contributed by atoms with Crippen molar-refractivity contribution in [1.82, 2.24) is 10.6 Å². The molecule has 2 aromatic carbocycles. The summed E-state index contributed by atoms with van der Waals surface area (Å²) < 4.78 is 13.0. The van der Waals surface area contributed by atoms with E-state index in [1.54, 1.807) is 12.1 Å². The molecule has 0 saturated heterocycles. The first-order valence-electron chi connectivity index (χ1n) is 11.7. The lowest BCUT2D eigenvalue weighted by Crippen LogP contribution is -2.49. The standard InChI is InChI=1S/C26H34FN3O2/c1-19(21-10-6-3-7-11-21)25(31)30-24(18-20-8-4-2-5-9-20)26(32)29-17-16-28-23-14-12-22(27)13-15-23/h3,6-7,10-15,19-20,24,28H,2,4-5,8-9,16-18H2,1H3,(H,29,32)(H,30,31)/t19-,24+/m1/s1. The summed E-state index contributed by atoms with van der Waals surface area (Å²) in [6, 6.07) is 15.2. The molecule has 2 aromatic rings. The van der Waals surface area contributed by atoms with Crippen molar-refractivity contribution in [2.75, 3.05) is 18.4 Å². The zero-order valence-electron chi connectivity index (χ0n) is 18.8. The van der Waals surface area contributed by atoms with E-state index >= 15 is 0 Å². The van der Waals surface area contributed by atoms with Gasteiger partial charge in [-0.1, -0.05) is 62.4 Å². The molecule has 172 valence electrons. The summed E-state index contributed by atoms with van der Waals surface area (Å²) in [5, 5.41) is 9.12. The van der Waals surface area contributed by atoms with Gasteiger partial charge in [0.15, 0.2) is 0 Å². The Morgan fingerprint density at radius 1 is 0.938 bits per heavy atom. The summed E-state index contributed by atoms with van der Waals surface area (Å²) in [7, 11) is 0. The maximum atomic E-state index is 13.0. The monoisotopic (exact) mass is 439 g/mol. The zero-order chi connectivity index (χ0) is 22.8. The molecule has 6 heteroatoms. The van der Waals surface area contributed by atoms with Crippen LogP contribution in [0, 0.1) is 11.7 Å². The Labute approximate surface area is 190 Å². The Morgan fingerprint density at radius 3 is 2.31 bits per heavy atom. The maximum Gasteiger partial charge on any atom is 0.242 e. The van der Waals surface area contributed by atoms with E-state index < -0.39 is 6.04 Å². The molecule has 3 N–H and O–H groups in total. The summed E-state index contributed by atoms with van der Waals surface area (Å²) in [4.78, 5) is 25.9. The van der Waals surface area contributed by atoms with Gasteiger partial charge >= 0.3 is 0 Å². The van der Waals surface area contributed by atoms with Gasteiger partial charge in [0.25, 0.3) is 0 Å². The molecule has 0 heterocycles. The molecule has 1 aliphatic carbocycles. The molecule has 0 aliphatic heterocycles. The number of halogens is 1. The van der Waals surface area contributed by atoms with Crippen molar-refractivity contribution in [3.63, 3.8) is 0 Å². The average Bonchev–Trinajstić information content (AvgIpc) is 2.83. The number of hydrogen-bond donors (Lipinski definition) is 3. The van der Waals surface area contributed by atoms with Crippen LogP contribution < -0.4 is 16.0 Å². The molecule has 0 spiro atoms. The quantitative estimate of drug-likeness (QED) is 0.474. The van der Waals surface area contributed by atoms with Crippen LogP contribution in [0.2, 0.25) is 0 Å². The highest BCUT2D eigenvalue weighted by atomic mass is 19.1. The molecule has 3 rings (SSSR count). The second-order valence-corrected chi connectivity index (χ2v) is 8.66. The van der Waals surface area contributed by atoms with Gasteiger partial charge in [-0.3, -0.25) is 9.59 Å². The molecule has 0 bridgehead atoms. The van der Waals surface area contributed by atoms with Gasteiger partial charge in [-0.25, -0.2) is 4.39 Å². The van der Waals surface area contributed by atoms with Crippen LogP contribution in [0.1, 0.15) is 56.9 Å². The molecule has 1 fully saturated rings. The normalized spacial score (nSPS) is 16.1. The fourth-order valence-electron chi connectivity index (χ4n) is 4.26. The van der Waals surface area contributed by atoms with Crippen molar-refractivity contribution in [2.45, 2.75) is 57.4 Å². The van der Waals surface area contributed by atoms with Crippen molar-refractivity contribution in [2.24, 2.45) is 5.92 Å². The first-order valence-corrected chi connectivity index (χ1v) is 11.7. The molecule has 0 unspecified atom stereocenters. The van der Waals surface area contributed by atoms with E-state index in [1.807, 2.05) is 37.3 Å². The van der Waals surface area contributed by atoms with Crippen LogP contribution in [-0.4, -0.2) is 30.9 Å². The number of anilines is 1. The second kappa shape index (κ2) is 12.2. The summed E-state index contributed by atoms with van der Waals surface area (Å²) >= 11 is 0. The van der Waals surface area contributed by atoms with Crippen LogP contribution in [0.5, 0.6) is 0 Å². The van der Waals surface area contributed by atoms with Crippen LogP contribution in [0.25, 0.3) is 0 Å². The number of amides is 2. The average molecular weight is 440 g/mol. The largest absolute Gasteiger partial charge is 0.383 e. The third-order valence-corrected chi connectivity index (χ3v) is 6.22. The minimum Gasteiger partial charge on any atom is -0.383 e. The van der Waals surface area contributed by atoms with E-state index in [0.29, 0.717) is 25.4 Å². The molecule has 1 aliphatic rings. The van der Waals surface area contributed by atoms with Crippen LogP contribution >= 0.6 is 0 Å². The van der Waals surface area contributed by atoms with Crippen molar-refractivity contribution >= 4 is 17.5 Å². The first kappa shape index (κ1) is 23.8. The van der Waals surface area contributed by atoms with E-state index in [0.717, 1.165) is 24.1 Å². The topological polar surface area (TPSA) is 70.2 Å². The SMILES string of the molecule is C[C@@H](C(=O)N[C@@H](CC1CCCCC1)C(=O)NCCNc1ccc(F)cc1)c1ccccc1. The molecule has 2 amide bonds. The van der Waals surface area contributed by atoms with E-state index in [4.69, 9.17) is 0 Å². The van der Waals surface area contributed by atoms with Gasteiger partial charge in [0, 0.05) is 18.8 Å². The molecule has 32 heavy (non-hydrogen) atoms. The van der Waals surface area contributed by atoms with Gasteiger partial charge in [0.1, 0.15) is 11.9 Å². The van der Waals surface area contributed by atoms with Crippen LogP contribution in [0.15, 0.2) is 54.6 Å². The molecule has 0 radical (unpaired) electrons. The highest BCUT2D eigenvalue weighted by Gasteiger charge is 2.27. The minimum absolute atomic E-state index is 0.128. The first-order chi connectivity index (χ1) is 15.5. The van der Waals surface area contributed by atoms with Gasteiger partial charge in [-0.05, 0) is 49.1 Å². The van der Waals surface area contributed by atoms with E-state index in [9.17, 15) is 14.0 Å². The molecule has 1 saturated carbocycles. The molecule has 2 atom stereocenters. The second-order valence-electron chi connectivity index (χ2n) is 8.66. The molecular weight excluding hydrogens is 405 g/mol. The minimum atomic E-state index is -0.539. The molecular formula is C26H34FN3O2. The van der Waals surface area contributed by atoms with Gasteiger partial charge in [-0.2, -0.15) is 0 Å². The van der Waals surface area contributed by atoms with E-state index in [-0.39, 0.29) is 23.5 Å². The Hall–Kier alpha value is -2.89. The van der Waals surface area contributed by atoms with Crippen LogP contribution in [0.3, 0.4) is 0 Å². The third-order valence-electron chi connectivity index (χ3n) is 6.22. The number of carbonyl (C=O) groups excluding carboxylic acids is 2. The summed E-state index contributed by atoms with van der Waals surface area (Å²) in [6.07, 6.45) is 6.52. The number of benzene rings is 2. The van der Waals surface area contributed by atoms with Crippen molar-refractivity contribution in [1.29, 1.82) is 0 Å². The fraction of sp³-hybridized carbons (Fsp3) is 0.462. The Bertz CT molecular complexity index is 851. The number of hydrogen-bond acceptors (Lipinski definition) is 3. The molecule has 0 aromatic heterocycles. The maximum absolute atomic E-state index is 13.0. The van der Waals surface area contributed by atoms with Crippen molar-refractivity contribution in [3.05, 3.63) is 66.0 Å². The molecule has 5 nitrogen and oxygen atoms in total. The van der Waals surface area contributed by atoms with Gasteiger partial charge < -0.3 is 16.0 Å². The van der Waals surface area contributed by atoms with Gasteiger partial charge in [0.2, 0.25) is 11.8 Å². The Balaban J connectivity index is 1.54. The van der Waals surface area contributed by atoms with Crippen LogP contribution in [0.4, 0.5) is 10.1 Å². The van der Waals surface area contributed by atoms with E-state index in [2.05, 4.69) is 16.0 Å². The smallest absolute Gasteiger partial charge is 0.242 e. The van der Waals surface area contributed by atoms with Crippen molar-refractivity contribution in [3.8, 4) is 0 Å². The van der Waals surface area contributed by atoms with E-state index in [1.165, 1.54) is 31.4 Å². The van der Waals surface area contributed by atoms with Gasteiger partial charge in [-0.15, -0.1) is 0 Å². The number of carbonyl (C=O) groups is 2. The van der Waals surface area contributed by atoms with Gasteiger partial charge in [0.05, 0.1) is 5.92 Å². The lowest BCUT2D eigenvalue weighted by atomic mass is 9.84. The third kappa shape index (κ3) is 7.36. The zero-order valence-corrected chi connectivity index (χ0v) is 18.8. The fourth-order valence-corrected chi connectivity index (χ4v) is 4.26. The lowest BCUT2D eigenvalue weighted by Gasteiger charge is -2.27. The summed E-state index contributed by atoms with van der Waals surface area (Å²) in [5.41, 5.74) is 1.73. The predicted octanol–water partition coefficient (Wildman–Crippen LogP) is 4.61. The Kier molecular flexibility index (Phi) is 9.08. The predicted molar refractivity (Wildman–Crippen MR) is 126 cm³/mol. The highest BCUT2D eigenvalue weighted by molar-refractivity contribution is 5.90. The summed E-state index contributed by atoms with van der Waals surface area (Å²) in [5.74, 6) is -0.418. The number of rotatable bonds is 10. The summed E-state index contributed by atoms with van der Waals surface area (Å²) in [6.45, 7) is 2.80. The highest BCUT2D eigenvalue weighted by Crippen LogP contribution is 2.27. The van der Waals surface area contributed by atoms with Crippen LogP contribution in [-0.2, 0) is 9.59 Å². The number of nitrogens with one attached hydrogen (secondary N) is 3.